The van der Waals surface area contributed by atoms with Gasteiger partial charge in [0.2, 0.25) is 0 Å². The minimum Gasteiger partial charge on any atom is -0.434 e. The van der Waals surface area contributed by atoms with Crippen LogP contribution in [0.1, 0.15) is 12.8 Å². The van der Waals surface area contributed by atoms with Crippen molar-refractivity contribution in [1.29, 1.82) is 0 Å². The molecule has 0 heterocycles. The van der Waals surface area contributed by atoms with Crippen LogP contribution in [0.2, 0.25) is 15.1 Å². The van der Waals surface area contributed by atoms with Crippen LogP contribution >= 0.6 is 69.6 Å². The van der Waals surface area contributed by atoms with E-state index in [0.29, 0.717) is 12.8 Å². The highest BCUT2D eigenvalue weighted by molar-refractivity contribution is 6.76. The van der Waals surface area contributed by atoms with Crippen LogP contribution in [0.15, 0.2) is 12.1 Å². The van der Waals surface area contributed by atoms with Crippen molar-refractivity contribution in [3.63, 3.8) is 0 Å². The van der Waals surface area contributed by atoms with Gasteiger partial charge < -0.3 is 14.8 Å². The molecule has 0 bridgehead atoms. The van der Waals surface area contributed by atoms with Crippen molar-refractivity contribution >= 4 is 81.7 Å². The number of carbonyl (C=O) groups is 2. The third kappa shape index (κ3) is 7.72. The normalized spacial score (nSPS) is 11.1. The van der Waals surface area contributed by atoms with Gasteiger partial charge in [-0.05, 0) is 18.9 Å². The Morgan fingerprint density at radius 1 is 1.00 bits per heavy atom. The average molecular weight is 458 g/mol. The molecule has 11 heteroatoms. The molecule has 0 saturated heterocycles. The molecule has 0 atom stereocenters. The van der Waals surface area contributed by atoms with Gasteiger partial charge >= 0.3 is 6.16 Å². The molecule has 1 aromatic rings. The van der Waals surface area contributed by atoms with Crippen molar-refractivity contribution < 1.29 is 19.1 Å². The highest BCUT2D eigenvalue weighted by Gasteiger charge is 2.29. The fourth-order valence-corrected chi connectivity index (χ4v) is 2.16. The van der Waals surface area contributed by atoms with Gasteiger partial charge in [0.05, 0.1) is 21.7 Å². The summed E-state index contributed by atoms with van der Waals surface area (Å²) in [6.45, 7) is 0.338. The molecule has 5 nitrogen and oxygen atoms in total. The van der Waals surface area contributed by atoms with E-state index in [-0.39, 0.29) is 34.0 Å². The Morgan fingerprint density at radius 3 is 2.25 bits per heavy atom. The standard InChI is InChI=1S/C13H11Cl6NO4/c14-7-5-9(16)10(6-8(7)15)24-12(22)23-4-2-1-3-20-11(21)13(17,18)19/h5-6H,1-4H2,(H,20,21). The Labute approximate surface area is 168 Å². The van der Waals surface area contributed by atoms with Crippen LogP contribution in [-0.2, 0) is 9.53 Å². The molecule has 0 saturated carbocycles. The lowest BCUT2D eigenvalue weighted by Crippen LogP contribution is -2.35. The molecule has 24 heavy (non-hydrogen) atoms. The number of halogens is 6. The smallest absolute Gasteiger partial charge is 0.434 e. The van der Waals surface area contributed by atoms with Crippen LogP contribution < -0.4 is 10.1 Å². The minimum absolute atomic E-state index is 0.0333. The molecule has 0 spiro atoms. The molecule has 0 aromatic heterocycles. The summed E-state index contributed by atoms with van der Waals surface area (Å²) < 4.78 is 7.77. The van der Waals surface area contributed by atoms with Crippen molar-refractivity contribution in [1.82, 2.24) is 5.32 Å². The lowest BCUT2D eigenvalue weighted by molar-refractivity contribution is -0.120. The highest BCUT2D eigenvalue weighted by Crippen LogP contribution is 2.34. The summed E-state index contributed by atoms with van der Waals surface area (Å²) >= 11 is 33.6. The number of alkyl halides is 3. The predicted octanol–water partition coefficient (Wildman–Crippen LogP) is 5.43. The first-order chi connectivity index (χ1) is 11.1. The zero-order valence-corrected chi connectivity index (χ0v) is 16.4. The summed E-state index contributed by atoms with van der Waals surface area (Å²) in [5.41, 5.74) is 0. The van der Waals surface area contributed by atoms with E-state index in [1.54, 1.807) is 0 Å². The average Bonchev–Trinajstić information content (AvgIpc) is 2.47. The van der Waals surface area contributed by atoms with E-state index < -0.39 is 15.9 Å². The van der Waals surface area contributed by atoms with Gasteiger partial charge in [0, 0.05) is 12.6 Å². The number of unbranched alkanes of at least 4 members (excludes halogenated alkanes) is 1. The third-order valence-electron chi connectivity index (χ3n) is 2.50. The Morgan fingerprint density at radius 2 is 1.62 bits per heavy atom. The van der Waals surface area contributed by atoms with Crippen LogP contribution in [0.25, 0.3) is 0 Å². The van der Waals surface area contributed by atoms with E-state index in [0.717, 1.165) is 0 Å². The fraction of sp³-hybridized carbons (Fsp3) is 0.385. The predicted molar refractivity (Wildman–Crippen MR) is 96.0 cm³/mol. The summed E-state index contributed by atoms with van der Waals surface area (Å²) in [5.74, 6) is -0.687. The number of carbonyl (C=O) groups excluding carboxylic acids is 2. The lowest BCUT2D eigenvalue weighted by atomic mass is 10.3. The summed E-state index contributed by atoms with van der Waals surface area (Å²) in [7, 11) is 0. The summed E-state index contributed by atoms with van der Waals surface area (Å²) in [6, 6.07) is 2.65. The minimum atomic E-state index is -2.00. The first kappa shape index (κ1) is 21.7. The number of rotatable bonds is 6. The van der Waals surface area contributed by atoms with Gasteiger partial charge in [0.15, 0.2) is 5.75 Å². The number of hydrogen-bond acceptors (Lipinski definition) is 4. The van der Waals surface area contributed by atoms with Gasteiger partial charge in [-0.3, -0.25) is 4.79 Å². The molecule has 1 aromatic carbocycles. The molecular weight excluding hydrogens is 447 g/mol. The van der Waals surface area contributed by atoms with Crippen molar-refractivity contribution in [2.45, 2.75) is 16.6 Å². The molecule has 1 rings (SSSR count). The first-order valence-electron chi connectivity index (χ1n) is 6.45. The molecule has 0 fully saturated rings. The second-order valence-corrected chi connectivity index (χ2v) is 7.86. The van der Waals surface area contributed by atoms with Gasteiger partial charge in [-0.15, -0.1) is 0 Å². The van der Waals surface area contributed by atoms with E-state index in [4.69, 9.17) is 79.1 Å². The summed E-state index contributed by atoms with van der Waals surface area (Å²) in [5, 5.41) is 2.96. The number of benzene rings is 1. The summed E-state index contributed by atoms with van der Waals surface area (Å²) in [6.07, 6.45) is 0.0260. The maximum absolute atomic E-state index is 11.5. The molecule has 0 aliphatic rings. The maximum atomic E-state index is 11.5. The van der Waals surface area contributed by atoms with Gasteiger partial charge in [-0.25, -0.2) is 4.79 Å². The van der Waals surface area contributed by atoms with Gasteiger partial charge in [-0.1, -0.05) is 69.6 Å². The van der Waals surface area contributed by atoms with Crippen LogP contribution in [0.4, 0.5) is 4.79 Å². The van der Waals surface area contributed by atoms with Crippen molar-refractivity contribution in [2.75, 3.05) is 13.2 Å². The molecule has 0 aliphatic heterocycles. The zero-order chi connectivity index (χ0) is 18.3. The number of ether oxygens (including phenoxy) is 2. The number of hydrogen-bond donors (Lipinski definition) is 1. The quantitative estimate of drug-likeness (QED) is 0.203. The SMILES string of the molecule is O=C(OCCCCNC(=O)C(Cl)(Cl)Cl)Oc1cc(Cl)c(Cl)cc1Cl. The van der Waals surface area contributed by atoms with Crippen molar-refractivity contribution in [2.24, 2.45) is 0 Å². The molecule has 1 amide bonds. The molecule has 0 aliphatic carbocycles. The summed E-state index contributed by atoms with van der Waals surface area (Å²) in [4.78, 5) is 22.8. The van der Waals surface area contributed by atoms with E-state index in [1.165, 1.54) is 12.1 Å². The number of nitrogens with one attached hydrogen (secondary N) is 1. The molecule has 0 radical (unpaired) electrons. The maximum Gasteiger partial charge on any atom is 0.513 e. The largest absolute Gasteiger partial charge is 0.513 e. The highest BCUT2D eigenvalue weighted by atomic mass is 35.6. The van der Waals surface area contributed by atoms with E-state index >= 15 is 0 Å². The zero-order valence-electron chi connectivity index (χ0n) is 11.9. The van der Waals surface area contributed by atoms with Gasteiger partial charge in [0.25, 0.3) is 9.70 Å². The van der Waals surface area contributed by atoms with Crippen LogP contribution in [-0.4, -0.2) is 29.0 Å². The Bertz CT molecular complexity index is 605. The second kappa shape index (κ2) is 10.00. The molecule has 1 N–H and O–H groups in total. The van der Waals surface area contributed by atoms with E-state index in [2.05, 4.69) is 5.32 Å². The van der Waals surface area contributed by atoms with E-state index in [9.17, 15) is 9.59 Å². The van der Waals surface area contributed by atoms with Crippen molar-refractivity contribution in [3.05, 3.63) is 27.2 Å². The molecule has 0 unspecified atom stereocenters. The topological polar surface area (TPSA) is 64.6 Å². The number of amides is 1. The Kier molecular flexibility index (Phi) is 9.06. The van der Waals surface area contributed by atoms with Crippen LogP contribution in [0.3, 0.4) is 0 Å². The molecular formula is C13H11Cl6NO4. The van der Waals surface area contributed by atoms with Gasteiger partial charge in [-0.2, -0.15) is 0 Å². The van der Waals surface area contributed by atoms with Crippen molar-refractivity contribution in [3.8, 4) is 5.75 Å². The Hall–Kier alpha value is -0.300. The first-order valence-corrected chi connectivity index (χ1v) is 8.72. The monoisotopic (exact) mass is 455 g/mol. The van der Waals surface area contributed by atoms with Crippen LogP contribution in [0.5, 0.6) is 5.75 Å². The third-order valence-corrected chi connectivity index (χ3v) is 4.03. The second-order valence-electron chi connectivity index (χ2n) is 4.36. The molecule has 134 valence electrons. The fourth-order valence-electron chi connectivity index (χ4n) is 1.39. The lowest BCUT2D eigenvalue weighted by Gasteiger charge is -2.11. The van der Waals surface area contributed by atoms with E-state index in [1.807, 2.05) is 0 Å². The van der Waals surface area contributed by atoms with Gasteiger partial charge in [0.1, 0.15) is 0 Å². The Balaban J connectivity index is 2.26. The van der Waals surface area contributed by atoms with Crippen LogP contribution in [0, 0.1) is 0 Å².